The van der Waals surface area contributed by atoms with E-state index >= 15 is 0 Å². The van der Waals surface area contributed by atoms with Crippen LogP contribution in [0.2, 0.25) is 0 Å². The van der Waals surface area contributed by atoms with Gasteiger partial charge in [-0.25, -0.2) is 9.78 Å². The average molecular weight is 627 g/mol. The zero-order valence-corrected chi connectivity index (χ0v) is 28.8. The Hall–Kier alpha value is -4.71. The van der Waals surface area contributed by atoms with Gasteiger partial charge in [0, 0.05) is 29.8 Å². The van der Waals surface area contributed by atoms with Crippen molar-refractivity contribution in [3.05, 3.63) is 96.6 Å². The van der Waals surface area contributed by atoms with Crippen LogP contribution in [-0.2, 0) is 4.74 Å². The van der Waals surface area contributed by atoms with Crippen molar-refractivity contribution in [2.45, 2.75) is 79.4 Å². The Balaban J connectivity index is 1.17. The number of fused-ring (bicyclic) bond motifs is 2. The van der Waals surface area contributed by atoms with Gasteiger partial charge in [0.1, 0.15) is 11.4 Å². The van der Waals surface area contributed by atoms with Gasteiger partial charge >= 0.3 is 6.09 Å². The quantitative estimate of drug-likeness (QED) is 0.180. The number of carbonyl (C=O) groups excluding carboxylic acids is 1. The number of carbonyl (C=O) groups is 1. The standard InChI is InChI=1S/C41H46N4O2/c1-24(2)26(5)39-43-23-37(44-39)34-16-15-31-18-28(11-12-32(31)20-34)27-9-10-30-19-33(14-13-29(30)17-27)35-21-36(42-22-35)38(25(3)4)45-40(46)47-41(6,7)8/h9-20,22-26,38H,21H2,1-8H3,(H,43,44)(H,45,46)/t26-,38-/m0/s1. The molecule has 2 heterocycles. The summed E-state index contributed by atoms with van der Waals surface area (Å²) >= 11 is 0. The van der Waals surface area contributed by atoms with Crippen LogP contribution in [0.15, 0.2) is 90.2 Å². The molecule has 0 saturated carbocycles. The zero-order valence-electron chi connectivity index (χ0n) is 28.8. The fraction of sp³-hybridized carbons (Fsp3) is 0.341. The van der Waals surface area contributed by atoms with Gasteiger partial charge in [-0.1, -0.05) is 83.1 Å². The normalized spacial score (nSPS) is 14.9. The molecule has 0 saturated heterocycles. The first-order valence-electron chi connectivity index (χ1n) is 16.7. The van der Waals surface area contributed by atoms with Crippen molar-refractivity contribution in [2.24, 2.45) is 16.8 Å². The minimum Gasteiger partial charge on any atom is -0.444 e. The first-order valence-corrected chi connectivity index (χ1v) is 16.7. The number of aromatic amines is 1. The van der Waals surface area contributed by atoms with E-state index in [1.165, 1.54) is 32.7 Å². The molecule has 0 fully saturated rings. The van der Waals surface area contributed by atoms with Crippen molar-refractivity contribution in [3.63, 3.8) is 0 Å². The summed E-state index contributed by atoms with van der Waals surface area (Å²) in [5.74, 6) is 2.15. The van der Waals surface area contributed by atoms with E-state index in [2.05, 4.69) is 123 Å². The third kappa shape index (κ3) is 7.17. The number of hydrogen-bond donors (Lipinski definition) is 2. The summed E-state index contributed by atoms with van der Waals surface area (Å²) in [5, 5.41) is 7.83. The Kier molecular flexibility index (Phi) is 8.80. The van der Waals surface area contributed by atoms with E-state index in [0.29, 0.717) is 18.3 Å². The molecule has 6 rings (SSSR count). The highest BCUT2D eigenvalue weighted by Gasteiger charge is 2.28. The number of amides is 1. The van der Waals surface area contributed by atoms with Crippen molar-refractivity contribution in [2.75, 3.05) is 0 Å². The Morgan fingerprint density at radius 2 is 1.30 bits per heavy atom. The average Bonchev–Trinajstić information content (AvgIpc) is 3.72. The molecule has 0 radical (unpaired) electrons. The fourth-order valence-corrected chi connectivity index (χ4v) is 6.13. The summed E-state index contributed by atoms with van der Waals surface area (Å²) in [4.78, 5) is 25.4. The van der Waals surface area contributed by atoms with Crippen LogP contribution >= 0.6 is 0 Å². The summed E-state index contributed by atoms with van der Waals surface area (Å²) < 4.78 is 5.51. The molecule has 1 aromatic heterocycles. The SMILES string of the molecule is CC(C)[C@H](NC(=O)OC(C)(C)C)C1=NC=C(c2ccc3cc(-c4ccc5cc(-c6cnc([C@@H](C)C(C)C)[nH]6)ccc5c4)ccc3c2)C1. The van der Waals surface area contributed by atoms with Crippen molar-refractivity contribution in [1.82, 2.24) is 15.3 Å². The second-order valence-electron chi connectivity index (χ2n) is 14.6. The molecule has 5 aromatic rings. The number of rotatable bonds is 8. The molecular formula is C41H46N4O2. The van der Waals surface area contributed by atoms with Crippen LogP contribution < -0.4 is 5.32 Å². The van der Waals surface area contributed by atoms with Crippen LogP contribution in [-0.4, -0.2) is 33.4 Å². The van der Waals surface area contributed by atoms with Crippen LogP contribution in [0, 0.1) is 11.8 Å². The van der Waals surface area contributed by atoms with E-state index in [0.717, 1.165) is 33.9 Å². The van der Waals surface area contributed by atoms with Crippen molar-refractivity contribution < 1.29 is 9.53 Å². The maximum absolute atomic E-state index is 12.5. The summed E-state index contributed by atoms with van der Waals surface area (Å²) in [6.07, 6.45) is 4.17. The number of imidazole rings is 1. The lowest BCUT2D eigenvalue weighted by Gasteiger charge is -2.26. The molecule has 47 heavy (non-hydrogen) atoms. The molecule has 1 aliphatic rings. The van der Waals surface area contributed by atoms with Crippen LogP contribution in [0.25, 0.3) is 49.5 Å². The van der Waals surface area contributed by atoms with Crippen molar-refractivity contribution >= 4 is 38.9 Å². The monoisotopic (exact) mass is 626 g/mol. The smallest absolute Gasteiger partial charge is 0.408 e. The summed E-state index contributed by atoms with van der Waals surface area (Å²) in [7, 11) is 0. The highest BCUT2D eigenvalue weighted by atomic mass is 16.6. The number of aromatic nitrogens is 2. The van der Waals surface area contributed by atoms with Gasteiger partial charge in [-0.15, -0.1) is 0 Å². The largest absolute Gasteiger partial charge is 0.444 e. The van der Waals surface area contributed by atoms with Gasteiger partial charge < -0.3 is 15.0 Å². The van der Waals surface area contributed by atoms with Crippen LogP contribution in [0.3, 0.4) is 0 Å². The number of alkyl carbamates (subject to hydrolysis) is 1. The second kappa shape index (κ2) is 12.8. The van der Waals surface area contributed by atoms with E-state index in [1.54, 1.807) is 0 Å². The minimum absolute atomic E-state index is 0.184. The number of ether oxygens (including phenoxy) is 1. The van der Waals surface area contributed by atoms with Crippen molar-refractivity contribution in [1.29, 1.82) is 0 Å². The molecule has 2 atom stereocenters. The van der Waals surface area contributed by atoms with Gasteiger partial charge in [-0.2, -0.15) is 0 Å². The van der Waals surface area contributed by atoms with Crippen LogP contribution in [0.1, 0.15) is 79.1 Å². The number of aliphatic imine (C=N–C) groups is 1. The lowest BCUT2D eigenvalue weighted by molar-refractivity contribution is 0.0508. The maximum atomic E-state index is 12.5. The number of nitrogens with zero attached hydrogens (tertiary/aromatic N) is 2. The number of benzene rings is 4. The predicted octanol–water partition coefficient (Wildman–Crippen LogP) is 10.5. The molecule has 0 spiro atoms. The molecule has 6 heteroatoms. The van der Waals surface area contributed by atoms with E-state index in [1.807, 2.05) is 33.2 Å². The summed E-state index contributed by atoms with van der Waals surface area (Å²) in [6.45, 7) is 16.5. The molecule has 1 aliphatic heterocycles. The van der Waals surface area contributed by atoms with Gasteiger partial charge in [0.25, 0.3) is 0 Å². The van der Waals surface area contributed by atoms with Gasteiger partial charge in [-0.3, -0.25) is 4.99 Å². The number of hydrogen-bond acceptors (Lipinski definition) is 4. The van der Waals surface area contributed by atoms with Crippen LogP contribution in [0.5, 0.6) is 0 Å². The molecule has 2 N–H and O–H groups in total. The lowest BCUT2D eigenvalue weighted by atomic mass is 9.92. The Morgan fingerprint density at radius 1 is 0.766 bits per heavy atom. The van der Waals surface area contributed by atoms with Gasteiger partial charge in [0.05, 0.1) is 17.9 Å². The van der Waals surface area contributed by atoms with E-state index < -0.39 is 11.7 Å². The third-order valence-electron chi connectivity index (χ3n) is 9.18. The fourth-order valence-electron chi connectivity index (χ4n) is 6.13. The zero-order chi connectivity index (χ0) is 33.5. The molecule has 6 nitrogen and oxygen atoms in total. The minimum atomic E-state index is -0.548. The number of allylic oxidation sites excluding steroid dienone is 1. The van der Waals surface area contributed by atoms with E-state index in [9.17, 15) is 4.79 Å². The van der Waals surface area contributed by atoms with Gasteiger partial charge in [-0.05, 0) is 101 Å². The number of H-pyrrole nitrogens is 1. The Bertz CT molecular complexity index is 2010. The maximum Gasteiger partial charge on any atom is 0.408 e. The van der Waals surface area contributed by atoms with Crippen molar-refractivity contribution in [3.8, 4) is 22.4 Å². The van der Waals surface area contributed by atoms with Gasteiger partial charge in [0.2, 0.25) is 0 Å². The highest BCUT2D eigenvalue weighted by Crippen LogP contribution is 2.33. The third-order valence-corrected chi connectivity index (χ3v) is 9.18. The molecular weight excluding hydrogens is 580 g/mol. The van der Waals surface area contributed by atoms with Crippen LogP contribution in [0.4, 0.5) is 4.79 Å². The Labute approximate surface area is 278 Å². The van der Waals surface area contributed by atoms with E-state index in [-0.39, 0.29) is 12.0 Å². The summed E-state index contributed by atoms with van der Waals surface area (Å²) in [6, 6.07) is 26.4. The predicted molar refractivity (Wildman–Crippen MR) is 196 cm³/mol. The Morgan fingerprint density at radius 3 is 1.85 bits per heavy atom. The molecule has 0 bridgehead atoms. The topological polar surface area (TPSA) is 79.4 Å². The molecule has 0 aliphatic carbocycles. The first kappa shape index (κ1) is 32.2. The lowest BCUT2D eigenvalue weighted by Crippen LogP contribution is -2.46. The molecule has 242 valence electrons. The van der Waals surface area contributed by atoms with Gasteiger partial charge in [0.15, 0.2) is 0 Å². The number of nitrogens with one attached hydrogen (secondary N) is 2. The highest BCUT2D eigenvalue weighted by molar-refractivity contribution is 6.03. The molecule has 4 aromatic carbocycles. The summed E-state index contributed by atoms with van der Waals surface area (Å²) in [5.41, 5.74) is 7.29. The first-order chi connectivity index (χ1) is 22.3. The second-order valence-corrected chi connectivity index (χ2v) is 14.6. The van der Waals surface area contributed by atoms with E-state index in [4.69, 9.17) is 9.73 Å². The molecule has 1 amide bonds. The molecule has 0 unspecified atom stereocenters.